The first kappa shape index (κ1) is 14.9. The summed E-state index contributed by atoms with van der Waals surface area (Å²) in [5, 5.41) is 2.63. The summed E-state index contributed by atoms with van der Waals surface area (Å²) in [6.07, 6.45) is 1.46. The van der Waals surface area contributed by atoms with Crippen LogP contribution in [0.2, 0.25) is 0 Å². The minimum atomic E-state index is -0.446. The van der Waals surface area contributed by atoms with Gasteiger partial charge in [-0.1, -0.05) is 13.8 Å². The van der Waals surface area contributed by atoms with Crippen molar-refractivity contribution in [1.29, 1.82) is 0 Å². The molecule has 1 aromatic carbocycles. The molecule has 1 aromatic heterocycles. The molecule has 4 N–H and O–H groups in total. The van der Waals surface area contributed by atoms with E-state index in [1.807, 2.05) is 13.8 Å². The van der Waals surface area contributed by atoms with Gasteiger partial charge in [0.25, 0.3) is 5.91 Å². The topological polar surface area (TPSA) is 92.9 Å². The largest absolute Gasteiger partial charge is 0.321 e. The van der Waals surface area contributed by atoms with E-state index in [0.717, 1.165) is 0 Å². The minimum absolute atomic E-state index is 0.0780. The number of nitrogens with two attached hydrogens (primary N) is 1. The van der Waals surface area contributed by atoms with Crippen LogP contribution in [0.5, 0.6) is 0 Å². The summed E-state index contributed by atoms with van der Waals surface area (Å²) in [5.74, 6) is 5.17. The van der Waals surface area contributed by atoms with E-state index in [9.17, 15) is 9.18 Å². The predicted molar refractivity (Wildman–Crippen MR) is 78.3 cm³/mol. The van der Waals surface area contributed by atoms with E-state index in [2.05, 4.69) is 20.7 Å². The third kappa shape index (κ3) is 3.51. The highest BCUT2D eigenvalue weighted by Gasteiger charge is 2.16. The van der Waals surface area contributed by atoms with Gasteiger partial charge in [-0.15, -0.1) is 0 Å². The van der Waals surface area contributed by atoms with Crippen LogP contribution in [0.15, 0.2) is 30.5 Å². The van der Waals surface area contributed by atoms with Gasteiger partial charge in [-0.05, 0) is 24.3 Å². The Morgan fingerprint density at radius 2 is 1.95 bits per heavy atom. The maximum absolute atomic E-state index is 12.8. The zero-order valence-corrected chi connectivity index (χ0v) is 11.7. The molecule has 0 fully saturated rings. The maximum Gasteiger partial charge on any atom is 0.276 e. The van der Waals surface area contributed by atoms with Crippen molar-refractivity contribution in [3.63, 3.8) is 0 Å². The van der Waals surface area contributed by atoms with Crippen molar-refractivity contribution in [2.75, 3.05) is 10.7 Å². The van der Waals surface area contributed by atoms with Crippen LogP contribution in [0, 0.1) is 5.82 Å². The van der Waals surface area contributed by atoms with Gasteiger partial charge in [-0.3, -0.25) is 10.6 Å². The van der Waals surface area contributed by atoms with Gasteiger partial charge in [0.05, 0.1) is 11.9 Å². The van der Waals surface area contributed by atoms with Crippen molar-refractivity contribution in [3.8, 4) is 0 Å². The lowest BCUT2D eigenvalue weighted by molar-refractivity contribution is 0.102. The third-order valence-corrected chi connectivity index (χ3v) is 2.80. The molecule has 0 radical (unpaired) electrons. The highest BCUT2D eigenvalue weighted by molar-refractivity contribution is 6.06. The number of nitrogens with zero attached hydrogens (tertiary/aromatic N) is 2. The third-order valence-electron chi connectivity index (χ3n) is 2.80. The van der Waals surface area contributed by atoms with Crippen LogP contribution in [-0.2, 0) is 0 Å². The fourth-order valence-corrected chi connectivity index (χ4v) is 1.68. The fourth-order valence-electron chi connectivity index (χ4n) is 1.68. The number of nitrogens with one attached hydrogen (secondary N) is 2. The van der Waals surface area contributed by atoms with E-state index >= 15 is 0 Å². The Balaban J connectivity index is 2.28. The number of rotatable bonds is 4. The Morgan fingerprint density at radius 1 is 1.29 bits per heavy atom. The number of aromatic nitrogens is 2. The van der Waals surface area contributed by atoms with Crippen molar-refractivity contribution in [2.45, 2.75) is 19.8 Å². The van der Waals surface area contributed by atoms with Gasteiger partial charge < -0.3 is 10.7 Å². The van der Waals surface area contributed by atoms with Gasteiger partial charge in [-0.25, -0.2) is 14.4 Å². The molecule has 7 heteroatoms. The van der Waals surface area contributed by atoms with Crippen LogP contribution >= 0.6 is 0 Å². The normalized spacial score (nSPS) is 10.5. The van der Waals surface area contributed by atoms with Gasteiger partial charge in [0.2, 0.25) is 0 Å². The molecule has 0 spiro atoms. The number of carbonyl (C=O) groups is 1. The van der Waals surface area contributed by atoms with Crippen LogP contribution in [-0.4, -0.2) is 15.9 Å². The first-order valence-corrected chi connectivity index (χ1v) is 6.41. The number of halogens is 1. The zero-order valence-electron chi connectivity index (χ0n) is 11.7. The summed E-state index contributed by atoms with van der Waals surface area (Å²) in [6, 6.07) is 5.45. The van der Waals surface area contributed by atoms with E-state index in [4.69, 9.17) is 5.84 Å². The number of anilines is 2. The van der Waals surface area contributed by atoms with Crippen molar-refractivity contribution in [2.24, 2.45) is 5.84 Å². The average Bonchev–Trinajstić information content (AvgIpc) is 2.48. The van der Waals surface area contributed by atoms with Crippen LogP contribution in [0.4, 0.5) is 15.8 Å². The van der Waals surface area contributed by atoms with Crippen LogP contribution < -0.4 is 16.6 Å². The van der Waals surface area contributed by atoms with Crippen molar-refractivity contribution >= 4 is 17.3 Å². The number of nitrogen functional groups attached to an aromatic ring is 1. The van der Waals surface area contributed by atoms with E-state index in [-0.39, 0.29) is 17.4 Å². The second-order valence-corrected chi connectivity index (χ2v) is 4.75. The van der Waals surface area contributed by atoms with Crippen molar-refractivity contribution in [3.05, 3.63) is 47.8 Å². The molecule has 1 heterocycles. The number of amides is 1. The lowest BCUT2D eigenvalue weighted by atomic mass is 10.2. The summed E-state index contributed by atoms with van der Waals surface area (Å²) < 4.78 is 12.8. The smallest absolute Gasteiger partial charge is 0.276 e. The predicted octanol–water partition coefficient (Wildman–Crippen LogP) is 2.28. The first-order chi connectivity index (χ1) is 10.0. The Labute approximate surface area is 121 Å². The molecule has 110 valence electrons. The molecule has 0 atom stereocenters. The molecule has 0 bridgehead atoms. The van der Waals surface area contributed by atoms with Crippen LogP contribution in [0.1, 0.15) is 36.1 Å². The molecule has 2 rings (SSSR count). The summed E-state index contributed by atoms with van der Waals surface area (Å²) in [4.78, 5) is 20.6. The van der Waals surface area contributed by atoms with Gasteiger partial charge >= 0.3 is 0 Å². The van der Waals surface area contributed by atoms with Gasteiger partial charge in [0.15, 0.2) is 5.69 Å². The van der Waals surface area contributed by atoms with Crippen LogP contribution in [0.25, 0.3) is 0 Å². The number of carbonyl (C=O) groups excluding carboxylic acids is 1. The Kier molecular flexibility index (Phi) is 4.44. The minimum Gasteiger partial charge on any atom is -0.321 e. The number of hydrogen-bond acceptors (Lipinski definition) is 5. The molecular formula is C14H16FN5O. The average molecular weight is 289 g/mol. The molecule has 0 aliphatic carbocycles. The Morgan fingerprint density at radius 3 is 2.52 bits per heavy atom. The highest BCUT2D eigenvalue weighted by atomic mass is 19.1. The standard InChI is InChI=1S/C14H16FN5O/c1-8(2)13-17-7-11(20-16)12(19-13)14(21)18-10-5-3-9(15)4-6-10/h3-8,20H,16H2,1-2H3,(H,18,21). The molecular weight excluding hydrogens is 273 g/mol. The van der Waals surface area contributed by atoms with Gasteiger partial charge in [-0.2, -0.15) is 0 Å². The summed E-state index contributed by atoms with van der Waals surface area (Å²) in [5.41, 5.74) is 3.32. The zero-order chi connectivity index (χ0) is 15.4. The molecule has 1 amide bonds. The number of benzene rings is 1. The molecule has 0 aliphatic heterocycles. The van der Waals surface area contributed by atoms with E-state index in [1.165, 1.54) is 30.5 Å². The molecule has 21 heavy (non-hydrogen) atoms. The highest BCUT2D eigenvalue weighted by Crippen LogP contribution is 2.17. The number of hydrazine groups is 1. The van der Waals surface area contributed by atoms with Crippen molar-refractivity contribution < 1.29 is 9.18 Å². The summed E-state index contributed by atoms with van der Waals surface area (Å²) >= 11 is 0. The Hall–Kier alpha value is -2.54. The molecule has 6 nitrogen and oxygen atoms in total. The lowest BCUT2D eigenvalue weighted by Crippen LogP contribution is -2.20. The van der Waals surface area contributed by atoms with Gasteiger partial charge in [0, 0.05) is 11.6 Å². The molecule has 2 aromatic rings. The maximum atomic E-state index is 12.8. The van der Waals surface area contributed by atoms with Gasteiger partial charge in [0.1, 0.15) is 11.6 Å². The fraction of sp³-hybridized carbons (Fsp3) is 0.214. The summed E-state index contributed by atoms with van der Waals surface area (Å²) in [6.45, 7) is 3.85. The molecule has 0 saturated carbocycles. The van der Waals surface area contributed by atoms with Crippen LogP contribution in [0.3, 0.4) is 0 Å². The Bertz CT molecular complexity index is 642. The molecule has 0 saturated heterocycles. The SMILES string of the molecule is CC(C)c1ncc(NN)c(C(=O)Nc2ccc(F)cc2)n1. The summed E-state index contributed by atoms with van der Waals surface area (Å²) in [7, 11) is 0. The number of hydrogen-bond donors (Lipinski definition) is 3. The second kappa shape index (κ2) is 6.27. The van der Waals surface area contributed by atoms with E-state index in [0.29, 0.717) is 17.2 Å². The van der Waals surface area contributed by atoms with E-state index < -0.39 is 5.91 Å². The quantitative estimate of drug-likeness (QED) is 0.593. The monoisotopic (exact) mass is 289 g/mol. The first-order valence-electron chi connectivity index (χ1n) is 6.41. The molecule has 0 unspecified atom stereocenters. The van der Waals surface area contributed by atoms with Crippen molar-refractivity contribution in [1.82, 2.24) is 9.97 Å². The van der Waals surface area contributed by atoms with E-state index in [1.54, 1.807) is 0 Å². The molecule has 0 aliphatic rings. The lowest BCUT2D eigenvalue weighted by Gasteiger charge is -2.11. The second-order valence-electron chi connectivity index (χ2n) is 4.75.